The molecule has 18 heavy (non-hydrogen) atoms. The zero-order valence-electron chi connectivity index (χ0n) is 11.0. The molecule has 3 rings (SSSR count). The largest absolute Gasteiger partial charge is 0.481 e. The van der Waals surface area contributed by atoms with Crippen LogP contribution in [0.25, 0.3) is 0 Å². The Hall–Kier alpha value is -1.36. The highest BCUT2D eigenvalue weighted by atomic mass is 16.5. The monoisotopic (exact) mass is 248 g/mol. The number of hydrogen-bond donors (Lipinski definition) is 1. The molecule has 2 heterocycles. The van der Waals surface area contributed by atoms with Gasteiger partial charge < -0.3 is 15.4 Å². The first-order valence-corrected chi connectivity index (χ1v) is 6.57. The number of aromatic nitrogens is 2. The molecule has 1 aromatic heterocycles. The summed E-state index contributed by atoms with van der Waals surface area (Å²) in [7, 11) is 1.64. The fourth-order valence-corrected chi connectivity index (χ4v) is 3.24. The number of aryl methyl sites for hydroxylation is 1. The lowest BCUT2D eigenvalue weighted by molar-refractivity contribution is 0.396. The number of fused-ring (bicyclic) bond motifs is 1. The summed E-state index contributed by atoms with van der Waals surface area (Å²) in [6.45, 7) is 3.99. The molecule has 3 unspecified atom stereocenters. The lowest BCUT2D eigenvalue weighted by Gasteiger charge is -2.19. The predicted octanol–water partition coefficient (Wildman–Crippen LogP) is 0.967. The lowest BCUT2D eigenvalue weighted by atomic mass is 9.98. The molecule has 2 fully saturated rings. The fourth-order valence-electron chi connectivity index (χ4n) is 3.24. The Kier molecular flexibility index (Phi) is 2.86. The van der Waals surface area contributed by atoms with Gasteiger partial charge in [0.1, 0.15) is 0 Å². The number of nitrogens with two attached hydrogens (primary N) is 1. The molecule has 2 aliphatic rings. The summed E-state index contributed by atoms with van der Waals surface area (Å²) in [5.41, 5.74) is 7.10. The van der Waals surface area contributed by atoms with Crippen LogP contribution in [0.15, 0.2) is 6.07 Å². The van der Waals surface area contributed by atoms with Gasteiger partial charge in [-0.15, -0.1) is 0 Å². The molecule has 0 bridgehead atoms. The Labute approximate surface area is 107 Å². The van der Waals surface area contributed by atoms with E-state index < -0.39 is 0 Å². The van der Waals surface area contributed by atoms with Crippen molar-refractivity contribution in [3.05, 3.63) is 11.8 Å². The average molecular weight is 248 g/mol. The van der Waals surface area contributed by atoms with Crippen LogP contribution in [0, 0.1) is 18.8 Å². The summed E-state index contributed by atoms with van der Waals surface area (Å²) in [6.07, 6.45) is 2.41. The minimum Gasteiger partial charge on any atom is -0.481 e. The third-order valence-electron chi connectivity index (χ3n) is 4.22. The molecule has 1 aliphatic carbocycles. The second-order valence-electron chi connectivity index (χ2n) is 5.42. The van der Waals surface area contributed by atoms with Gasteiger partial charge in [-0.1, -0.05) is 0 Å². The zero-order valence-corrected chi connectivity index (χ0v) is 11.0. The highest BCUT2D eigenvalue weighted by molar-refractivity contribution is 5.36. The SMILES string of the molecule is COc1cc(C)nc(N2CC3CCC(N)C3C2)n1. The van der Waals surface area contributed by atoms with Gasteiger partial charge in [0, 0.05) is 30.9 Å². The van der Waals surface area contributed by atoms with Crippen LogP contribution >= 0.6 is 0 Å². The first-order valence-electron chi connectivity index (χ1n) is 6.57. The highest BCUT2D eigenvalue weighted by Gasteiger charge is 2.41. The maximum absolute atomic E-state index is 6.15. The molecule has 5 nitrogen and oxygen atoms in total. The number of rotatable bonds is 2. The Morgan fingerprint density at radius 1 is 1.33 bits per heavy atom. The van der Waals surface area contributed by atoms with E-state index in [1.54, 1.807) is 7.11 Å². The maximum atomic E-state index is 6.15. The molecule has 0 aromatic carbocycles. The van der Waals surface area contributed by atoms with Crippen molar-refractivity contribution in [3.8, 4) is 5.88 Å². The Bertz CT molecular complexity index is 451. The van der Waals surface area contributed by atoms with Crippen LogP contribution in [0.1, 0.15) is 18.5 Å². The van der Waals surface area contributed by atoms with Gasteiger partial charge in [0.15, 0.2) is 0 Å². The lowest BCUT2D eigenvalue weighted by Crippen LogP contribution is -2.30. The molecule has 5 heteroatoms. The van der Waals surface area contributed by atoms with E-state index in [1.807, 2.05) is 13.0 Å². The van der Waals surface area contributed by atoms with Gasteiger partial charge in [-0.2, -0.15) is 4.98 Å². The maximum Gasteiger partial charge on any atom is 0.228 e. The number of nitrogens with zero attached hydrogens (tertiary/aromatic N) is 3. The second-order valence-corrected chi connectivity index (χ2v) is 5.42. The average Bonchev–Trinajstić information content (AvgIpc) is 2.91. The van der Waals surface area contributed by atoms with Crippen molar-refractivity contribution in [2.24, 2.45) is 17.6 Å². The van der Waals surface area contributed by atoms with Crippen LogP contribution in [0.3, 0.4) is 0 Å². The molecule has 2 N–H and O–H groups in total. The topological polar surface area (TPSA) is 64.3 Å². The quantitative estimate of drug-likeness (QED) is 0.844. The van der Waals surface area contributed by atoms with Gasteiger partial charge in [-0.3, -0.25) is 0 Å². The molecule has 0 spiro atoms. The van der Waals surface area contributed by atoms with Gasteiger partial charge in [-0.25, -0.2) is 4.98 Å². The summed E-state index contributed by atoms with van der Waals surface area (Å²) < 4.78 is 5.21. The minimum atomic E-state index is 0.353. The summed E-state index contributed by atoms with van der Waals surface area (Å²) in [4.78, 5) is 11.2. The minimum absolute atomic E-state index is 0.353. The molecular weight excluding hydrogens is 228 g/mol. The Morgan fingerprint density at radius 2 is 2.17 bits per heavy atom. The van der Waals surface area contributed by atoms with Gasteiger partial charge in [0.05, 0.1) is 7.11 Å². The normalized spacial score (nSPS) is 30.6. The van der Waals surface area contributed by atoms with E-state index in [4.69, 9.17) is 10.5 Å². The van der Waals surface area contributed by atoms with E-state index in [2.05, 4.69) is 14.9 Å². The van der Waals surface area contributed by atoms with E-state index in [0.717, 1.165) is 30.6 Å². The number of methoxy groups -OCH3 is 1. The molecule has 1 saturated heterocycles. The second kappa shape index (κ2) is 4.39. The van der Waals surface area contributed by atoms with Crippen molar-refractivity contribution in [2.75, 3.05) is 25.1 Å². The molecule has 3 atom stereocenters. The van der Waals surface area contributed by atoms with Crippen LogP contribution < -0.4 is 15.4 Å². The van der Waals surface area contributed by atoms with Crippen LogP contribution in [-0.4, -0.2) is 36.2 Å². The molecule has 1 saturated carbocycles. The van der Waals surface area contributed by atoms with Gasteiger partial charge in [0.2, 0.25) is 11.8 Å². The van der Waals surface area contributed by atoms with Crippen molar-refractivity contribution < 1.29 is 4.74 Å². The molecule has 0 radical (unpaired) electrons. The summed E-state index contributed by atoms with van der Waals surface area (Å²) in [5.74, 6) is 2.75. The van der Waals surface area contributed by atoms with Crippen molar-refractivity contribution in [2.45, 2.75) is 25.8 Å². The number of anilines is 1. The Balaban J connectivity index is 1.82. The van der Waals surface area contributed by atoms with E-state index in [9.17, 15) is 0 Å². The van der Waals surface area contributed by atoms with Crippen LogP contribution in [-0.2, 0) is 0 Å². The Morgan fingerprint density at radius 3 is 2.89 bits per heavy atom. The first kappa shape index (κ1) is 11.7. The van der Waals surface area contributed by atoms with Crippen LogP contribution in [0.4, 0.5) is 5.95 Å². The molecular formula is C13H20N4O. The predicted molar refractivity (Wildman–Crippen MR) is 69.7 cm³/mol. The van der Waals surface area contributed by atoms with Gasteiger partial charge in [0.25, 0.3) is 0 Å². The van der Waals surface area contributed by atoms with Crippen molar-refractivity contribution in [3.63, 3.8) is 0 Å². The third kappa shape index (κ3) is 1.92. The summed E-state index contributed by atoms with van der Waals surface area (Å²) >= 11 is 0. The third-order valence-corrected chi connectivity index (χ3v) is 4.22. The van der Waals surface area contributed by atoms with E-state index in [-0.39, 0.29) is 0 Å². The molecule has 1 aliphatic heterocycles. The summed E-state index contributed by atoms with van der Waals surface area (Å²) in [5, 5.41) is 0. The molecule has 0 amide bonds. The van der Waals surface area contributed by atoms with Crippen LogP contribution in [0.5, 0.6) is 5.88 Å². The first-order chi connectivity index (χ1) is 8.67. The standard InChI is InChI=1S/C13H20N4O/c1-8-5-12(18-2)16-13(15-8)17-6-9-3-4-11(14)10(9)7-17/h5,9-11H,3-4,6-7,14H2,1-2H3. The smallest absolute Gasteiger partial charge is 0.228 e. The van der Waals surface area contributed by atoms with Gasteiger partial charge in [-0.05, 0) is 31.6 Å². The molecule has 1 aromatic rings. The van der Waals surface area contributed by atoms with Crippen molar-refractivity contribution >= 4 is 5.95 Å². The number of ether oxygens (including phenoxy) is 1. The number of hydrogen-bond acceptors (Lipinski definition) is 5. The van der Waals surface area contributed by atoms with E-state index >= 15 is 0 Å². The van der Waals surface area contributed by atoms with E-state index in [0.29, 0.717) is 17.8 Å². The fraction of sp³-hybridized carbons (Fsp3) is 0.692. The van der Waals surface area contributed by atoms with E-state index in [1.165, 1.54) is 12.8 Å². The highest BCUT2D eigenvalue weighted by Crippen LogP contribution is 2.38. The van der Waals surface area contributed by atoms with Crippen molar-refractivity contribution in [1.29, 1.82) is 0 Å². The van der Waals surface area contributed by atoms with Gasteiger partial charge >= 0.3 is 0 Å². The van der Waals surface area contributed by atoms with Crippen molar-refractivity contribution in [1.82, 2.24) is 9.97 Å². The zero-order chi connectivity index (χ0) is 12.7. The van der Waals surface area contributed by atoms with Crippen LogP contribution in [0.2, 0.25) is 0 Å². The molecule has 98 valence electrons. The summed E-state index contributed by atoms with van der Waals surface area (Å²) in [6, 6.07) is 2.21.